The number of benzene rings is 2. The van der Waals surface area contributed by atoms with E-state index >= 15 is 0 Å². The standard InChI is InChI=1S/C20H23ClN2O4S/c1-14(2)27-17-9-7-16(8-10-17)22-20(24)19-4-3-13-23(19)28(25,26)18-11-5-15(21)6-12-18/h5-12,14,19H,3-4,13H2,1-2H3,(H,22,24)/t19-/m0/s1. The quantitative estimate of drug-likeness (QED) is 0.765. The average Bonchev–Trinajstić information content (AvgIpc) is 3.14. The van der Waals surface area contributed by atoms with E-state index in [0.29, 0.717) is 35.8 Å². The first-order valence-corrected chi connectivity index (χ1v) is 10.9. The third-order valence-corrected chi connectivity index (χ3v) is 6.59. The number of halogens is 1. The zero-order chi connectivity index (χ0) is 20.3. The lowest BCUT2D eigenvalue weighted by atomic mass is 10.2. The number of carbonyl (C=O) groups is 1. The first-order chi connectivity index (χ1) is 13.3. The van der Waals surface area contributed by atoms with Crippen molar-refractivity contribution in [2.45, 2.75) is 43.7 Å². The lowest BCUT2D eigenvalue weighted by Gasteiger charge is -2.23. The minimum Gasteiger partial charge on any atom is -0.491 e. The predicted molar refractivity (Wildman–Crippen MR) is 109 cm³/mol. The molecule has 1 atom stereocenters. The van der Waals surface area contributed by atoms with Crippen molar-refractivity contribution in [2.75, 3.05) is 11.9 Å². The van der Waals surface area contributed by atoms with Crippen molar-refractivity contribution in [3.8, 4) is 5.75 Å². The number of ether oxygens (including phenoxy) is 1. The molecule has 28 heavy (non-hydrogen) atoms. The Labute approximate surface area is 170 Å². The van der Waals surface area contributed by atoms with Crippen molar-refractivity contribution in [3.63, 3.8) is 0 Å². The number of sulfonamides is 1. The van der Waals surface area contributed by atoms with Crippen LogP contribution in [0.1, 0.15) is 26.7 Å². The molecule has 2 aromatic carbocycles. The third kappa shape index (κ3) is 4.66. The predicted octanol–water partition coefficient (Wildman–Crippen LogP) is 3.92. The molecule has 8 heteroatoms. The SMILES string of the molecule is CC(C)Oc1ccc(NC(=O)[C@@H]2CCCN2S(=O)(=O)c2ccc(Cl)cc2)cc1. The number of anilines is 1. The van der Waals surface area contributed by atoms with E-state index in [2.05, 4.69) is 5.32 Å². The molecule has 0 radical (unpaired) electrons. The Kier molecular flexibility index (Phi) is 6.27. The van der Waals surface area contributed by atoms with Crippen LogP contribution in [0.5, 0.6) is 5.75 Å². The van der Waals surface area contributed by atoms with Crippen LogP contribution in [0.3, 0.4) is 0 Å². The van der Waals surface area contributed by atoms with Crippen LogP contribution >= 0.6 is 11.6 Å². The first-order valence-electron chi connectivity index (χ1n) is 9.12. The summed E-state index contributed by atoms with van der Waals surface area (Å²) < 4.78 is 32.7. The van der Waals surface area contributed by atoms with Gasteiger partial charge in [-0.05, 0) is 75.2 Å². The molecule has 1 saturated heterocycles. The van der Waals surface area contributed by atoms with Gasteiger partial charge < -0.3 is 10.1 Å². The summed E-state index contributed by atoms with van der Waals surface area (Å²) in [5, 5.41) is 3.26. The van der Waals surface area contributed by atoms with Gasteiger partial charge in [-0.25, -0.2) is 8.42 Å². The normalized spacial score (nSPS) is 17.6. The monoisotopic (exact) mass is 422 g/mol. The number of nitrogens with one attached hydrogen (secondary N) is 1. The molecular formula is C20H23ClN2O4S. The maximum absolute atomic E-state index is 12.9. The number of hydrogen-bond acceptors (Lipinski definition) is 4. The van der Waals surface area contributed by atoms with Crippen LogP contribution in [0.15, 0.2) is 53.4 Å². The topological polar surface area (TPSA) is 75.7 Å². The van der Waals surface area contributed by atoms with E-state index in [9.17, 15) is 13.2 Å². The van der Waals surface area contributed by atoms with E-state index in [1.165, 1.54) is 28.6 Å². The maximum Gasteiger partial charge on any atom is 0.243 e. The summed E-state index contributed by atoms with van der Waals surface area (Å²) in [5.41, 5.74) is 0.594. The van der Waals surface area contributed by atoms with Gasteiger partial charge >= 0.3 is 0 Å². The van der Waals surface area contributed by atoms with Crippen LogP contribution < -0.4 is 10.1 Å². The van der Waals surface area contributed by atoms with Gasteiger partial charge in [0, 0.05) is 17.3 Å². The molecule has 0 aliphatic carbocycles. The van der Waals surface area contributed by atoms with Crippen molar-refractivity contribution in [1.82, 2.24) is 4.31 Å². The number of nitrogens with zero attached hydrogens (tertiary/aromatic N) is 1. The van der Waals surface area contributed by atoms with E-state index < -0.39 is 16.1 Å². The third-order valence-electron chi connectivity index (χ3n) is 4.42. The zero-order valence-corrected chi connectivity index (χ0v) is 17.3. The number of carbonyl (C=O) groups excluding carboxylic acids is 1. The lowest BCUT2D eigenvalue weighted by Crippen LogP contribution is -2.43. The highest BCUT2D eigenvalue weighted by Gasteiger charge is 2.39. The van der Waals surface area contributed by atoms with Crippen LogP contribution in [-0.2, 0) is 14.8 Å². The highest BCUT2D eigenvalue weighted by atomic mass is 35.5. The summed E-state index contributed by atoms with van der Waals surface area (Å²) in [7, 11) is -3.77. The average molecular weight is 423 g/mol. The Morgan fingerprint density at radius 1 is 1.14 bits per heavy atom. The Bertz CT molecular complexity index is 928. The van der Waals surface area contributed by atoms with Crippen molar-refractivity contribution < 1.29 is 17.9 Å². The van der Waals surface area contributed by atoms with Crippen molar-refractivity contribution in [3.05, 3.63) is 53.6 Å². The maximum atomic E-state index is 12.9. The summed E-state index contributed by atoms with van der Waals surface area (Å²) in [6, 6.07) is 12.2. The molecule has 0 unspecified atom stereocenters. The molecule has 0 saturated carbocycles. The Balaban J connectivity index is 1.73. The minimum atomic E-state index is -3.77. The molecule has 1 aliphatic rings. The second kappa shape index (κ2) is 8.51. The first kappa shape index (κ1) is 20.6. The van der Waals surface area contributed by atoms with Crippen LogP contribution in [0.25, 0.3) is 0 Å². The van der Waals surface area contributed by atoms with Gasteiger partial charge in [0.25, 0.3) is 0 Å². The van der Waals surface area contributed by atoms with Gasteiger partial charge in [-0.3, -0.25) is 4.79 Å². The molecule has 0 aromatic heterocycles. The summed E-state index contributed by atoms with van der Waals surface area (Å²) in [5.74, 6) is 0.369. The van der Waals surface area contributed by atoms with E-state index in [1.807, 2.05) is 13.8 Å². The second-order valence-electron chi connectivity index (χ2n) is 6.91. The van der Waals surface area contributed by atoms with Crippen molar-refractivity contribution in [1.29, 1.82) is 0 Å². The summed E-state index contributed by atoms with van der Waals surface area (Å²) in [6.45, 7) is 4.18. The summed E-state index contributed by atoms with van der Waals surface area (Å²) in [6.07, 6.45) is 1.17. The molecule has 3 rings (SSSR count). The molecule has 150 valence electrons. The van der Waals surface area contributed by atoms with Crippen molar-refractivity contribution >= 4 is 33.2 Å². The van der Waals surface area contributed by atoms with Crippen molar-refractivity contribution in [2.24, 2.45) is 0 Å². The summed E-state index contributed by atoms with van der Waals surface area (Å²) in [4.78, 5) is 12.9. The molecule has 1 heterocycles. The molecule has 0 bridgehead atoms. The molecule has 1 aliphatic heterocycles. The molecule has 1 amide bonds. The largest absolute Gasteiger partial charge is 0.491 e. The minimum absolute atomic E-state index is 0.0607. The number of hydrogen-bond donors (Lipinski definition) is 1. The molecule has 1 N–H and O–H groups in total. The van der Waals surface area contributed by atoms with Gasteiger partial charge in [-0.15, -0.1) is 0 Å². The van der Waals surface area contributed by atoms with Crippen LogP contribution in [0.2, 0.25) is 5.02 Å². The van der Waals surface area contributed by atoms with Gasteiger partial charge in [0.05, 0.1) is 11.0 Å². The smallest absolute Gasteiger partial charge is 0.243 e. The Hall–Kier alpha value is -2.09. The van der Waals surface area contributed by atoms with E-state index in [0.717, 1.165) is 0 Å². The van der Waals surface area contributed by atoms with Gasteiger partial charge in [0.1, 0.15) is 11.8 Å². The number of amides is 1. The zero-order valence-electron chi connectivity index (χ0n) is 15.8. The van der Waals surface area contributed by atoms with Gasteiger partial charge in [0.15, 0.2) is 0 Å². The fourth-order valence-electron chi connectivity index (χ4n) is 3.15. The van der Waals surface area contributed by atoms with E-state index in [1.54, 1.807) is 24.3 Å². The molecular weight excluding hydrogens is 400 g/mol. The molecule has 6 nitrogen and oxygen atoms in total. The Morgan fingerprint density at radius 3 is 2.39 bits per heavy atom. The number of rotatable bonds is 6. The van der Waals surface area contributed by atoms with Gasteiger partial charge in [-0.1, -0.05) is 11.6 Å². The highest BCUT2D eigenvalue weighted by Crippen LogP contribution is 2.28. The molecule has 0 spiro atoms. The fourth-order valence-corrected chi connectivity index (χ4v) is 4.93. The molecule has 1 fully saturated rings. The highest BCUT2D eigenvalue weighted by molar-refractivity contribution is 7.89. The lowest BCUT2D eigenvalue weighted by molar-refractivity contribution is -0.119. The van der Waals surface area contributed by atoms with Crippen LogP contribution in [0, 0.1) is 0 Å². The fraction of sp³-hybridized carbons (Fsp3) is 0.350. The summed E-state index contributed by atoms with van der Waals surface area (Å²) >= 11 is 5.85. The van der Waals surface area contributed by atoms with E-state index in [4.69, 9.17) is 16.3 Å². The van der Waals surface area contributed by atoms with Crippen LogP contribution in [0.4, 0.5) is 5.69 Å². The Morgan fingerprint density at radius 2 is 1.79 bits per heavy atom. The van der Waals surface area contributed by atoms with Gasteiger partial charge in [0.2, 0.25) is 15.9 Å². The molecule has 2 aromatic rings. The van der Waals surface area contributed by atoms with E-state index in [-0.39, 0.29) is 16.9 Å². The van der Waals surface area contributed by atoms with Crippen LogP contribution in [-0.4, -0.2) is 37.3 Å². The second-order valence-corrected chi connectivity index (χ2v) is 9.23. The van der Waals surface area contributed by atoms with Gasteiger partial charge in [-0.2, -0.15) is 4.31 Å².